The quantitative estimate of drug-likeness (QED) is 0.665. The minimum absolute atomic E-state index is 0.799. The number of anilines is 1. The minimum atomic E-state index is 0.799. The van der Waals surface area contributed by atoms with Crippen molar-refractivity contribution in [2.45, 2.75) is 37.5 Å². The third-order valence-electron chi connectivity index (χ3n) is 2.65. The van der Waals surface area contributed by atoms with Crippen molar-refractivity contribution in [2.75, 3.05) is 5.73 Å². The van der Waals surface area contributed by atoms with E-state index in [1.165, 1.54) is 5.56 Å². The second kappa shape index (κ2) is 5.91. The van der Waals surface area contributed by atoms with E-state index in [0.717, 1.165) is 35.1 Å². The summed E-state index contributed by atoms with van der Waals surface area (Å²) in [5, 5.41) is 4.22. The summed E-state index contributed by atoms with van der Waals surface area (Å²) in [4.78, 5) is 5.39. The third-order valence-corrected chi connectivity index (χ3v) is 3.74. The zero-order valence-corrected chi connectivity index (χ0v) is 11.6. The largest absolute Gasteiger partial charge is 0.398 e. The van der Waals surface area contributed by atoms with Crippen molar-refractivity contribution in [3.63, 3.8) is 0 Å². The number of aromatic nitrogens is 3. The molecular formula is C13H18N4S. The second-order valence-corrected chi connectivity index (χ2v) is 5.25. The molecule has 0 unspecified atom stereocenters. The molecule has 1 aromatic carbocycles. The fourth-order valence-corrected chi connectivity index (χ4v) is 2.64. The maximum Gasteiger partial charge on any atom is 0.138 e. The molecule has 2 N–H and O–H groups in total. The highest BCUT2D eigenvalue weighted by Crippen LogP contribution is 2.28. The molecule has 0 amide bonds. The smallest absolute Gasteiger partial charge is 0.138 e. The SMILES string of the molecule is CCCn1ncnc1CSc1ccc(C)cc1N. The van der Waals surface area contributed by atoms with Gasteiger partial charge in [0.1, 0.15) is 12.2 Å². The molecule has 18 heavy (non-hydrogen) atoms. The molecule has 0 bridgehead atoms. The fraction of sp³-hybridized carbons (Fsp3) is 0.385. The second-order valence-electron chi connectivity index (χ2n) is 4.23. The molecule has 0 aliphatic heterocycles. The molecule has 0 aliphatic carbocycles. The minimum Gasteiger partial charge on any atom is -0.398 e. The molecule has 0 saturated carbocycles. The van der Waals surface area contributed by atoms with Crippen LogP contribution in [0.4, 0.5) is 5.69 Å². The molecule has 1 aromatic heterocycles. The van der Waals surface area contributed by atoms with Gasteiger partial charge in [0.25, 0.3) is 0 Å². The normalized spacial score (nSPS) is 10.8. The molecule has 4 nitrogen and oxygen atoms in total. The van der Waals surface area contributed by atoms with Gasteiger partial charge in [-0.25, -0.2) is 9.67 Å². The highest BCUT2D eigenvalue weighted by Gasteiger charge is 2.06. The lowest BCUT2D eigenvalue weighted by molar-refractivity contribution is 0.581. The van der Waals surface area contributed by atoms with Gasteiger partial charge in [-0.15, -0.1) is 11.8 Å². The number of aryl methyl sites for hydroxylation is 2. The lowest BCUT2D eigenvalue weighted by atomic mass is 10.2. The molecular weight excluding hydrogens is 244 g/mol. The summed E-state index contributed by atoms with van der Waals surface area (Å²) in [5.41, 5.74) is 8.01. The van der Waals surface area contributed by atoms with Gasteiger partial charge in [-0.2, -0.15) is 5.10 Å². The number of rotatable bonds is 5. The van der Waals surface area contributed by atoms with Crippen molar-refractivity contribution in [3.8, 4) is 0 Å². The summed E-state index contributed by atoms with van der Waals surface area (Å²) in [6.07, 6.45) is 2.68. The monoisotopic (exact) mass is 262 g/mol. The van der Waals surface area contributed by atoms with E-state index in [1.807, 2.05) is 17.7 Å². The van der Waals surface area contributed by atoms with Crippen LogP contribution >= 0.6 is 11.8 Å². The number of benzene rings is 1. The van der Waals surface area contributed by atoms with Gasteiger partial charge in [-0.05, 0) is 31.0 Å². The van der Waals surface area contributed by atoms with Crippen molar-refractivity contribution >= 4 is 17.4 Å². The van der Waals surface area contributed by atoms with Gasteiger partial charge in [0.15, 0.2) is 0 Å². The summed E-state index contributed by atoms with van der Waals surface area (Å²) >= 11 is 1.71. The molecule has 5 heteroatoms. The molecule has 0 fully saturated rings. The van der Waals surface area contributed by atoms with Gasteiger partial charge in [0, 0.05) is 17.1 Å². The molecule has 1 heterocycles. The molecule has 0 radical (unpaired) electrons. The van der Waals surface area contributed by atoms with Crippen LogP contribution in [-0.4, -0.2) is 14.8 Å². The summed E-state index contributed by atoms with van der Waals surface area (Å²) in [7, 11) is 0. The topological polar surface area (TPSA) is 56.7 Å². The van der Waals surface area contributed by atoms with Crippen LogP contribution in [-0.2, 0) is 12.3 Å². The van der Waals surface area contributed by atoms with Crippen molar-refractivity contribution in [2.24, 2.45) is 0 Å². The van der Waals surface area contributed by atoms with Gasteiger partial charge in [-0.3, -0.25) is 0 Å². The van der Waals surface area contributed by atoms with Gasteiger partial charge >= 0.3 is 0 Å². The number of nitrogens with two attached hydrogens (primary N) is 1. The third kappa shape index (κ3) is 3.04. The Hall–Kier alpha value is -1.49. The average Bonchev–Trinajstić information content (AvgIpc) is 2.76. The van der Waals surface area contributed by atoms with Crippen molar-refractivity contribution in [1.82, 2.24) is 14.8 Å². The van der Waals surface area contributed by atoms with Crippen LogP contribution in [0.25, 0.3) is 0 Å². The number of hydrogen-bond acceptors (Lipinski definition) is 4. The number of thioether (sulfide) groups is 1. The van der Waals surface area contributed by atoms with Crippen molar-refractivity contribution in [3.05, 3.63) is 35.9 Å². The predicted molar refractivity (Wildman–Crippen MR) is 75.5 cm³/mol. The maximum absolute atomic E-state index is 5.99. The van der Waals surface area contributed by atoms with Gasteiger partial charge in [0.05, 0.1) is 5.75 Å². The molecule has 0 spiro atoms. The zero-order chi connectivity index (χ0) is 13.0. The van der Waals surface area contributed by atoms with Crippen molar-refractivity contribution in [1.29, 1.82) is 0 Å². The lowest BCUT2D eigenvalue weighted by Gasteiger charge is -2.07. The van der Waals surface area contributed by atoms with E-state index in [0.29, 0.717) is 0 Å². The van der Waals surface area contributed by atoms with E-state index in [-0.39, 0.29) is 0 Å². The first-order chi connectivity index (χ1) is 8.70. The van der Waals surface area contributed by atoms with Crippen LogP contribution < -0.4 is 5.73 Å². The van der Waals surface area contributed by atoms with Gasteiger partial charge < -0.3 is 5.73 Å². The van der Waals surface area contributed by atoms with E-state index >= 15 is 0 Å². The fourth-order valence-electron chi connectivity index (χ4n) is 1.74. The van der Waals surface area contributed by atoms with E-state index in [1.54, 1.807) is 18.1 Å². The Bertz CT molecular complexity index is 521. The summed E-state index contributed by atoms with van der Waals surface area (Å²) in [5.74, 6) is 1.80. The zero-order valence-electron chi connectivity index (χ0n) is 10.8. The first-order valence-electron chi connectivity index (χ1n) is 6.06. The number of nitrogens with zero attached hydrogens (tertiary/aromatic N) is 3. The number of hydrogen-bond donors (Lipinski definition) is 1. The summed E-state index contributed by atoms with van der Waals surface area (Å²) in [6.45, 7) is 5.10. The molecule has 0 atom stereocenters. The standard InChI is InChI=1S/C13H18N4S/c1-3-6-17-13(15-9-16-17)8-18-12-5-4-10(2)7-11(12)14/h4-5,7,9H,3,6,8,14H2,1-2H3. The molecule has 2 aromatic rings. The van der Waals surface area contributed by atoms with Crippen molar-refractivity contribution < 1.29 is 0 Å². The highest BCUT2D eigenvalue weighted by atomic mass is 32.2. The Kier molecular flexibility index (Phi) is 4.25. The Morgan fingerprint density at radius 1 is 1.39 bits per heavy atom. The molecule has 0 saturated heterocycles. The Balaban J connectivity index is 2.04. The van der Waals surface area contributed by atoms with E-state index < -0.39 is 0 Å². The number of nitrogen functional groups attached to an aromatic ring is 1. The van der Waals surface area contributed by atoms with Crippen LogP contribution in [0, 0.1) is 6.92 Å². The van der Waals surface area contributed by atoms with E-state index in [2.05, 4.69) is 29.1 Å². The van der Waals surface area contributed by atoms with Gasteiger partial charge in [-0.1, -0.05) is 13.0 Å². The van der Waals surface area contributed by atoms with Crippen LogP contribution in [0.5, 0.6) is 0 Å². The Morgan fingerprint density at radius 3 is 2.94 bits per heavy atom. The van der Waals surface area contributed by atoms with Crippen LogP contribution in [0.15, 0.2) is 29.4 Å². The first kappa shape index (κ1) is 13.0. The predicted octanol–water partition coefficient (Wildman–Crippen LogP) is 2.87. The summed E-state index contributed by atoms with van der Waals surface area (Å²) < 4.78 is 1.96. The molecule has 2 rings (SSSR count). The van der Waals surface area contributed by atoms with Gasteiger partial charge in [0.2, 0.25) is 0 Å². The Labute approximate surface area is 112 Å². The van der Waals surface area contributed by atoms with E-state index in [9.17, 15) is 0 Å². The van der Waals surface area contributed by atoms with Crippen LogP contribution in [0.2, 0.25) is 0 Å². The highest BCUT2D eigenvalue weighted by molar-refractivity contribution is 7.98. The Morgan fingerprint density at radius 2 is 2.22 bits per heavy atom. The van der Waals surface area contributed by atoms with Crippen LogP contribution in [0.3, 0.4) is 0 Å². The first-order valence-corrected chi connectivity index (χ1v) is 7.05. The molecule has 96 valence electrons. The lowest BCUT2D eigenvalue weighted by Crippen LogP contribution is -2.04. The molecule has 0 aliphatic rings. The van der Waals surface area contributed by atoms with E-state index in [4.69, 9.17) is 5.73 Å². The maximum atomic E-state index is 5.99. The van der Waals surface area contributed by atoms with Crippen LogP contribution in [0.1, 0.15) is 24.7 Å². The summed E-state index contributed by atoms with van der Waals surface area (Å²) in [6, 6.07) is 6.14. The average molecular weight is 262 g/mol.